The molecule has 0 unspecified atom stereocenters. The highest BCUT2D eigenvalue weighted by atomic mass is 32.2. The van der Waals surface area contributed by atoms with Gasteiger partial charge in [0.1, 0.15) is 22.7 Å². The van der Waals surface area contributed by atoms with Crippen molar-refractivity contribution in [1.82, 2.24) is 0 Å². The molecule has 0 saturated heterocycles. The van der Waals surface area contributed by atoms with Crippen molar-refractivity contribution in [2.75, 3.05) is 4.90 Å². The largest absolute Gasteiger partial charge is 0.457 e. The van der Waals surface area contributed by atoms with E-state index in [1.807, 2.05) is 11.8 Å². The molecular formula is C70H53NO2S. The van der Waals surface area contributed by atoms with E-state index in [-0.39, 0.29) is 10.8 Å². The zero-order valence-electron chi connectivity index (χ0n) is 42.4. The van der Waals surface area contributed by atoms with Gasteiger partial charge in [0.15, 0.2) is 0 Å². The minimum absolute atomic E-state index is 0.0992. The molecule has 1 aromatic heterocycles. The molecule has 4 aliphatic rings. The molecule has 2 spiro atoms. The summed E-state index contributed by atoms with van der Waals surface area (Å²) in [6.07, 6.45) is 0. The van der Waals surface area contributed by atoms with E-state index in [9.17, 15) is 0 Å². The molecule has 0 bridgehead atoms. The summed E-state index contributed by atoms with van der Waals surface area (Å²) in [4.78, 5) is 5.13. The van der Waals surface area contributed by atoms with Crippen LogP contribution in [-0.4, -0.2) is 0 Å². The standard InChI is InChI=1S/C70H53NO2S/c1-67(2,3)42-33-37-60-55(39-42)70(56-40-43(68(4,5)6)34-38-61(56)73-60)50-23-11-8-20-47(50)65-53(70)26-17-27-57(65)71(58-28-18-30-62-66(58)48-21-9-14-29-59(48)72-62)44-35-36-46-45-19-7-10-22-49(45)69(54(46)41-44)51-24-12-15-31-63(51)74-64-32-16-13-25-52(64)69/h7-41H,1-6H3. The Morgan fingerprint density at radius 2 is 0.905 bits per heavy atom. The maximum absolute atomic E-state index is 7.08. The Kier molecular flexibility index (Phi) is 8.97. The summed E-state index contributed by atoms with van der Waals surface area (Å²) in [5, 5.41) is 2.16. The van der Waals surface area contributed by atoms with E-state index in [0.717, 1.165) is 50.5 Å². The molecule has 0 N–H and O–H groups in total. The predicted molar refractivity (Wildman–Crippen MR) is 305 cm³/mol. The van der Waals surface area contributed by atoms with E-state index >= 15 is 0 Å². The molecule has 0 radical (unpaired) electrons. The highest BCUT2D eigenvalue weighted by molar-refractivity contribution is 7.99. The summed E-state index contributed by atoms with van der Waals surface area (Å²) >= 11 is 1.88. The van der Waals surface area contributed by atoms with Crippen molar-refractivity contribution in [3.8, 4) is 33.8 Å². The van der Waals surface area contributed by atoms with Crippen LogP contribution in [0, 0.1) is 0 Å². The first-order valence-electron chi connectivity index (χ1n) is 26.0. The number of fused-ring (bicyclic) bond motifs is 21. The molecule has 4 heteroatoms. The van der Waals surface area contributed by atoms with E-state index < -0.39 is 10.8 Å². The van der Waals surface area contributed by atoms with Crippen LogP contribution in [0.5, 0.6) is 11.5 Å². The van der Waals surface area contributed by atoms with Crippen LogP contribution in [0.25, 0.3) is 44.2 Å². The molecule has 0 fully saturated rings. The molecule has 10 aromatic carbocycles. The van der Waals surface area contributed by atoms with Crippen molar-refractivity contribution in [1.29, 1.82) is 0 Å². The lowest BCUT2D eigenvalue weighted by atomic mass is 9.64. The second-order valence-electron chi connectivity index (χ2n) is 22.7. The van der Waals surface area contributed by atoms with Gasteiger partial charge in [0.05, 0.1) is 27.6 Å². The van der Waals surface area contributed by atoms with Gasteiger partial charge in [-0.2, -0.15) is 0 Å². The summed E-state index contributed by atoms with van der Waals surface area (Å²) < 4.78 is 13.8. The molecule has 2 aliphatic heterocycles. The Hall–Kier alpha value is -8.05. The van der Waals surface area contributed by atoms with Gasteiger partial charge in [0.25, 0.3) is 0 Å². The smallest absolute Gasteiger partial charge is 0.137 e. The zero-order chi connectivity index (χ0) is 49.9. The second kappa shape index (κ2) is 15.3. The van der Waals surface area contributed by atoms with Gasteiger partial charge >= 0.3 is 0 Å². The number of nitrogens with zero attached hydrogens (tertiary/aromatic N) is 1. The molecule has 15 rings (SSSR count). The SMILES string of the molecule is CC(C)(C)c1ccc2c(c1)C1(c3cc(C(C)(C)C)ccc3O2)c2ccccc2-c2c(N(c3ccc4c(c3)C3(c5ccccc5Sc5ccccc53)c3ccccc3-4)c3cccc4oc5ccccc5c34)cccc21. The number of hydrogen-bond donors (Lipinski definition) is 0. The Bertz CT molecular complexity index is 4090. The Labute approximate surface area is 437 Å². The molecular weight excluding hydrogens is 919 g/mol. The first-order valence-corrected chi connectivity index (χ1v) is 26.8. The van der Waals surface area contributed by atoms with Gasteiger partial charge < -0.3 is 14.1 Å². The summed E-state index contributed by atoms with van der Waals surface area (Å²) in [7, 11) is 0. The highest BCUT2D eigenvalue weighted by Crippen LogP contribution is 2.67. The Balaban J connectivity index is 1.07. The summed E-state index contributed by atoms with van der Waals surface area (Å²) in [5.74, 6) is 1.78. The first-order chi connectivity index (χ1) is 36.0. The molecule has 2 aliphatic carbocycles. The molecule has 74 heavy (non-hydrogen) atoms. The molecule has 0 amide bonds. The minimum Gasteiger partial charge on any atom is -0.457 e. The van der Waals surface area contributed by atoms with E-state index in [4.69, 9.17) is 9.15 Å². The van der Waals surface area contributed by atoms with Gasteiger partial charge in [0, 0.05) is 37.6 Å². The van der Waals surface area contributed by atoms with Crippen molar-refractivity contribution in [2.24, 2.45) is 0 Å². The summed E-state index contributed by atoms with van der Waals surface area (Å²) in [6, 6.07) is 79.8. The zero-order valence-corrected chi connectivity index (χ0v) is 43.2. The number of benzene rings is 10. The molecule has 0 saturated carbocycles. The molecule has 11 aromatic rings. The van der Waals surface area contributed by atoms with Crippen LogP contribution < -0.4 is 9.64 Å². The van der Waals surface area contributed by atoms with Gasteiger partial charge in [-0.05, 0) is 145 Å². The van der Waals surface area contributed by atoms with E-state index in [2.05, 4.69) is 259 Å². The third-order valence-corrected chi connectivity index (χ3v) is 17.9. The maximum Gasteiger partial charge on any atom is 0.137 e. The van der Waals surface area contributed by atoms with E-state index in [1.54, 1.807) is 0 Å². The van der Waals surface area contributed by atoms with Gasteiger partial charge in [-0.3, -0.25) is 0 Å². The van der Waals surface area contributed by atoms with Crippen molar-refractivity contribution in [3.63, 3.8) is 0 Å². The number of furan rings is 1. The van der Waals surface area contributed by atoms with Crippen LogP contribution in [0.3, 0.4) is 0 Å². The van der Waals surface area contributed by atoms with Crippen LogP contribution in [0.15, 0.2) is 227 Å². The van der Waals surface area contributed by atoms with Gasteiger partial charge in [-0.25, -0.2) is 0 Å². The molecule has 0 atom stereocenters. The van der Waals surface area contributed by atoms with Crippen LogP contribution in [0.4, 0.5) is 17.1 Å². The van der Waals surface area contributed by atoms with Crippen LogP contribution in [0.1, 0.15) is 97.2 Å². The third kappa shape index (κ3) is 5.75. The van der Waals surface area contributed by atoms with Crippen LogP contribution >= 0.6 is 11.8 Å². The van der Waals surface area contributed by atoms with E-state index in [1.165, 1.54) is 87.7 Å². The van der Waals surface area contributed by atoms with Crippen molar-refractivity contribution >= 4 is 50.8 Å². The highest BCUT2D eigenvalue weighted by Gasteiger charge is 2.54. The fourth-order valence-electron chi connectivity index (χ4n) is 13.4. The number of rotatable bonds is 3. The fraction of sp³-hybridized carbons (Fsp3) is 0.143. The van der Waals surface area contributed by atoms with E-state index in [0.29, 0.717) is 0 Å². The maximum atomic E-state index is 7.08. The monoisotopic (exact) mass is 971 g/mol. The number of hydrogen-bond acceptors (Lipinski definition) is 4. The molecule has 3 nitrogen and oxygen atoms in total. The lowest BCUT2D eigenvalue weighted by Crippen LogP contribution is -2.33. The average molecular weight is 972 g/mol. The topological polar surface area (TPSA) is 25.6 Å². The number of ether oxygens (including phenoxy) is 1. The van der Waals surface area contributed by atoms with Crippen molar-refractivity contribution in [2.45, 2.75) is 73.0 Å². The predicted octanol–water partition coefficient (Wildman–Crippen LogP) is 18.9. The Morgan fingerprint density at radius 1 is 0.392 bits per heavy atom. The van der Waals surface area contributed by atoms with Gasteiger partial charge in [-0.15, -0.1) is 0 Å². The quantitative estimate of drug-likeness (QED) is 0.176. The fourth-order valence-corrected chi connectivity index (χ4v) is 14.6. The van der Waals surface area contributed by atoms with Crippen LogP contribution in [-0.2, 0) is 21.7 Å². The Morgan fingerprint density at radius 3 is 1.58 bits per heavy atom. The first kappa shape index (κ1) is 43.5. The van der Waals surface area contributed by atoms with Gasteiger partial charge in [0.2, 0.25) is 0 Å². The molecule has 3 heterocycles. The normalized spacial score (nSPS) is 14.9. The summed E-state index contributed by atoms with van der Waals surface area (Å²) in [5.41, 5.74) is 21.1. The lowest BCUT2D eigenvalue weighted by molar-refractivity contribution is 0.433. The number of para-hydroxylation sites is 1. The third-order valence-electron chi connectivity index (χ3n) is 16.7. The minimum atomic E-state index is -0.704. The van der Waals surface area contributed by atoms with Gasteiger partial charge in [-0.1, -0.05) is 193 Å². The van der Waals surface area contributed by atoms with Crippen LogP contribution in [0.2, 0.25) is 0 Å². The lowest BCUT2D eigenvalue weighted by Gasteiger charge is -2.41. The van der Waals surface area contributed by atoms with Crippen molar-refractivity contribution < 1.29 is 9.15 Å². The second-order valence-corrected chi connectivity index (χ2v) is 23.8. The summed E-state index contributed by atoms with van der Waals surface area (Å²) in [6.45, 7) is 13.9. The average Bonchev–Trinajstić information content (AvgIpc) is 4.06. The molecule has 356 valence electrons. The number of anilines is 3. The van der Waals surface area contributed by atoms with Crippen molar-refractivity contribution in [3.05, 3.63) is 268 Å².